The van der Waals surface area contributed by atoms with Crippen LogP contribution in [0.3, 0.4) is 0 Å². The first-order valence-corrected chi connectivity index (χ1v) is 6.96. The molecule has 6 heteroatoms. The third-order valence-corrected chi connectivity index (χ3v) is 2.75. The lowest BCUT2D eigenvalue weighted by atomic mass is 10.3. The molecule has 0 aliphatic heterocycles. The van der Waals surface area contributed by atoms with Crippen LogP contribution < -0.4 is 27.4 Å². The predicted molar refractivity (Wildman–Crippen MR) is 79.4 cm³/mol. The van der Waals surface area contributed by atoms with Crippen molar-refractivity contribution in [3.05, 3.63) is 48.8 Å². The first kappa shape index (κ1) is 17.8. The summed E-state index contributed by atoms with van der Waals surface area (Å²) in [4.78, 5) is 14.4. The first-order chi connectivity index (χ1) is 10.3. The molecule has 0 atom stereocenters. The molecule has 0 aliphatic rings. The Balaban J connectivity index is 0.00000242. The summed E-state index contributed by atoms with van der Waals surface area (Å²) < 4.78 is 10.7. The number of aromatic amines is 1. The smallest absolute Gasteiger partial charge is 0.411 e. The molecule has 1 aromatic heterocycles. The van der Waals surface area contributed by atoms with Gasteiger partial charge in [0.1, 0.15) is 5.75 Å². The van der Waals surface area contributed by atoms with Crippen LogP contribution in [0.4, 0.5) is 10.5 Å². The number of amides is 1. The second-order valence-electron chi connectivity index (χ2n) is 4.48. The zero-order valence-electron chi connectivity index (χ0n) is 12.3. The first-order valence-electron chi connectivity index (χ1n) is 6.96. The molecule has 5 nitrogen and oxygen atoms in total. The molecule has 0 saturated heterocycles. The molecule has 0 bridgehead atoms. The Morgan fingerprint density at radius 3 is 2.59 bits per heavy atom. The molecule has 1 aromatic carbocycles. The highest BCUT2D eigenvalue weighted by Gasteiger charge is 2.04. The monoisotopic (exact) mass is 322 g/mol. The van der Waals surface area contributed by atoms with E-state index in [9.17, 15) is 4.79 Å². The van der Waals surface area contributed by atoms with Gasteiger partial charge in [-0.25, -0.2) is 9.78 Å². The Labute approximate surface area is 136 Å². The summed E-state index contributed by atoms with van der Waals surface area (Å²) in [5, 5.41) is 2.67. The highest BCUT2D eigenvalue weighted by atomic mass is 35.5. The van der Waals surface area contributed by atoms with Crippen molar-refractivity contribution in [2.45, 2.75) is 19.8 Å². The van der Waals surface area contributed by atoms with E-state index in [1.165, 1.54) is 0 Å². The molecule has 22 heavy (non-hydrogen) atoms. The second-order valence-corrected chi connectivity index (χ2v) is 4.48. The topological polar surface area (TPSA) is 61.7 Å². The van der Waals surface area contributed by atoms with E-state index in [1.54, 1.807) is 30.5 Å². The SMILES string of the molecule is CCCCOC(=O)Nc1ccc(Oc2ccc[nH+]c2)cc1.[Cl-]. The fourth-order valence-electron chi connectivity index (χ4n) is 1.65. The molecule has 1 amide bonds. The summed E-state index contributed by atoms with van der Waals surface area (Å²) in [7, 11) is 0. The Hall–Kier alpha value is -2.27. The summed E-state index contributed by atoms with van der Waals surface area (Å²) in [5.41, 5.74) is 0.670. The largest absolute Gasteiger partial charge is 1.00 e. The van der Waals surface area contributed by atoms with Crippen molar-refractivity contribution in [1.29, 1.82) is 0 Å². The average Bonchev–Trinajstić information content (AvgIpc) is 2.51. The lowest BCUT2D eigenvalue weighted by molar-refractivity contribution is -0.378. The van der Waals surface area contributed by atoms with Crippen LogP contribution in [0.25, 0.3) is 0 Å². The number of carbonyl (C=O) groups excluding carboxylic acids is 1. The van der Waals surface area contributed by atoms with E-state index in [1.807, 2.05) is 25.3 Å². The minimum atomic E-state index is -0.435. The summed E-state index contributed by atoms with van der Waals surface area (Å²) in [6.07, 6.45) is 5.00. The van der Waals surface area contributed by atoms with Crippen molar-refractivity contribution in [1.82, 2.24) is 0 Å². The summed E-state index contributed by atoms with van der Waals surface area (Å²) in [6, 6.07) is 10.8. The van der Waals surface area contributed by atoms with Gasteiger partial charge in [0.15, 0.2) is 11.9 Å². The van der Waals surface area contributed by atoms with Crippen molar-refractivity contribution in [2.24, 2.45) is 0 Å². The van der Waals surface area contributed by atoms with Gasteiger partial charge >= 0.3 is 6.09 Å². The normalized spacial score (nSPS) is 9.50. The Morgan fingerprint density at radius 1 is 1.18 bits per heavy atom. The van der Waals surface area contributed by atoms with E-state index in [0.717, 1.165) is 18.6 Å². The third kappa shape index (κ3) is 6.01. The van der Waals surface area contributed by atoms with Crippen molar-refractivity contribution < 1.29 is 31.7 Å². The number of aromatic nitrogens is 1. The van der Waals surface area contributed by atoms with Crippen LogP contribution in [-0.4, -0.2) is 12.7 Å². The number of nitrogens with one attached hydrogen (secondary N) is 2. The zero-order chi connectivity index (χ0) is 14.9. The number of ether oxygens (including phenoxy) is 2. The standard InChI is InChI=1S/C16H18N2O3.ClH/c1-2-3-11-20-16(19)18-13-6-8-14(9-7-13)21-15-5-4-10-17-12-15;/h4-10,12H,2-3,11H2,1H3,(H,18,19);1H. The number of benzene rings is 1. The molecule has 2 rings (SSSR count). The molecule has 2 aromatic rings. The van der Waals surface area contributed by atoms with Crippen molar-refractivity contribution in [2.75, 3.05) is 11.9 Å². The average molecular weight is 323 g/mol. The van der Waals surface area contributed by atoms with Crippen LogP contribution in [0.15, 0.2) is 48.8 Å². The number of rotatable bonds is 6. The van der Waals surface area contributed by atoms with Gasteiger partial charge in [-0.15, -0.1) is 0 Å². The molecule has 0 aliphatic carbocycles. The van der Waals surface area contributed by atoms with E-state index in [4.69, 9.17) is 9.47 Å². The number of hydrogen-bond acceptors (Lipinski definition) is 3. The molecule has 1 heterocycles. The summed E-state index contributed by atoms with van der Waals surface area (Å²) in [5.74, 6) is 1.41. The minimum Gasteiger partial charge on any atom is -1.00 e. The van der Waals surface area contributed by atoms with Crippen molar-refractivity contribution in [3.8, 4) is 11.5 Å². The van der Waals surface area contributed by atoms with Gasteiger partial charge in [-0.3, -0.25) is 5.32 Å². The molecular formula is C16H19ClN2O3. The van der Waals surface area contributed by atoms with Crippen molar-refractivity contribution >= 4 is 11.8 Å². The van der Waals surface area contributed by atoms with Gasteiger partial charge in [-0.2, -0.15) is 0 Å². The second kappa shape index (κ2) is 9.63. The van der Waals surface area contributed by atoms with E-state index >= 15 is 0 Å². The molecule has 0 unspecified atom stereocenters. The number of H-pyrrole nitrogens is 1. The van der Waals surface area contributed by atoms with Crippen LogP contribution in [0.1, 0.15) is 19.8 Å². The van der Waals surface area contributed by atoms with Gasteiger partial charge in [-0.1, -0.05) is 13.3 Å². The molecule has 2 N–H and O–H groups in total. The molecular weight excluding hydrogens is 304 g/mol. The maximum absolute atomic E-state index is 11.5. The van der Waals surface area contributed by atoms with E-state index in [2.05, 4.69) is 10.3 Å². The van der Waals surface area contributed by atoms with Gasteiger partial charge in [0.25, 0.3) is 0 Å². The highest BCUT2D eigenvalue weighted by Crippen LogP contribution is 2.21. The van der Waals surface area contributed by atoms with Crippen LogP contribution in [0, 0.1) is 0 Å². The van der Waals surface area contributed by atoms with E-state index in [-0.39, 0.29) is 12.4 Å². The lowest BCUT2D eigenvalue weighted by Gasteiger charge is -2.07. The molecule has 0 fully saturated rings. The lowest BCUT2D eigenvalue weighted by Crippen LogP contribution is -3.00. The molecule has 0 radical (unpaired) electrons. The highest BCUT2D eigenvalue weighted by molar-refractivity contribution is 5.84. The van der Waals surface area contributed by atoms with Gasteiger partial charge in [0.2, 0.25) is 6.20 Å². The minimum absolute atomic E-state index is 0. The fraction of sp³-hybridized carbons (Fsp3) is 0.250. The van der Waals surface area contributed by atoms with E-state index in [0.29, 0.717) is 18.0 Å². The van der Waals surface area contributed by atoms with Gasteiger partial charge < -0.3 is 21.9 Å². The van der Waals surface area contributed by atoms with Crippen LogP contribution in [-0.2, 0) is 4.74 Å². The summed E-state index contributed by atoms with van der Waals surface area (Å²) >= 11 is 0. The van der Waals surface area contributed by atoms with Crippen LogP contribution in [0.2, 0.25) is 0 Å². The maximum atomic E-state index is 11.5. The Bertz CT molecular complexity index is 561. The molecule has 118 valence electrons. The van der Waals surface area contributed by atoms with Crippen LogP contribution in [0.5, 0.6) is 11.5 Å². The Kier molecular flexibility index (Phi) is 7.78. The summed E-state index contributed by atoms with van der Waals surface area (Å²) in [6.45, 7) is 2.48. The molecule has 0 saturated carbocycles. The van der Waals surface area contributed by atoms with Gasteiger partial charge in [-0.05, 0) is 36.8 Å². The number of carbonyl (C=O) groups is 1. The van der Waals surface area contributed by atoms with Gasteiger partial charge in [0.05, 0.1) is 6.61 Å². The molecule has 0 spiro atoms. The van der Waals surface area contributed by atoms with Crippen LogP contribution >= 0.6 is 0 Å². The number of anilines is 1. The van der Waals surface area contributed by atoms with Gasteiger partial charge in [0, 0.05) is 11.8 Å². The maximum Gasteiger partial charge on any atom is 0.411 e. The number of unbranched alkanes of at least 4 members (excludes halogenated alkanes) is 1. The zero-order valence-corrected chi connectivity index (χ0v) is 13.1. The quantitative estimate of drug-likeness (QED) is 0.794. The predicted octanol–water partition coefficient (Wildman–Crippen LogP) is 0.646. The number of halogens is 1. The number of hydrogen-bond donors (Lipinski definition) is 1. The number of pyridine rings is 1. The third-order valence-electron chi connectivity index (χ3n) is 2.75. The Morgan fingerprint density at radius 2 is 1.95 bits per heavy atom. The van der Waals surface area contributed by atoms with Crippen molar-refractivity contribution in [3.63, 3.8) is 0 Å². The van der Waals surface area contributed by atoms with E-state index < -0.39 is 6.09 Å². The fourth-order valence-corrected chi connectivity index (χ4v) is 1.65.